The highest BCUT2D eigenvalue weighted by Crippen LogP contribution is 2.33. The van der Waals surface area contributed by atoms with E-state index in [4.69, 9.17) is 4.74 Å². The van der Waals surface area contributed by atoms with Gasteiger partial charge in [-0.05, 0) is 43.2 Å². The molecule has 0 radical (unpaired) electrons. The maximum absolute atomic E-state index is 12.7. The number of amides is 2. The topological polar surface area (TPSA) is 51.0 Å². The van der Waals surface area contributed by atoms with Gasteiger partial charge in [-0.2, -0.15) is 0 Å². The number of para-hydroxylation sites is 1. The summed E-state index contributed by atoms with van der Waals surface area (Å²) in [5, 5.41) is -0.182. The van der Waals surface area contributed by atoms with Crippen LogP contribution in [0.4, 0.5) is 4.79 Å². The van der Waals surface area contributed by atoms with Crippen LogP contribution in [0.3, 0.4) is 0 Å². The van der Waals surface area contributed by atoms with E-state index >= 15 is 0 Å². The summed E-state index contributed by atoms with van der Waals surface area (Å²) in [5.41, 5.74) is 0.792. The van der Waals surface area contributed by atoms with Gasteiger partial charge < -0.3 is 9.64 Å². The third-order valence-electron chi connectivity index (χ3n) is 4.38. The number of quaternary nitrogens is 1. The normalized spacial score (nSPS) is 20.3. The molecule has 25 heavy (non-hydrogen) atoms. The number of ether oxygens (including phenoxy) is 1. The minimum absolute atomic E-state index is 0.182. The van der Waals surface area contributed by atoms with Gasteiger partial charge in [-0.25, -0.2) is 4.90 Å². The zero-order chi connectivity index (χ0) is 17.6. The number of imide groups is 1. The number of hydrogen-bond donors (Lipinski definition) is 1. The fraction of sp³-hybridized carbons (Fsp3) is 0.368. The van der Waals surface area contributed by atoms with E-state index in [2.05, 4.69) is 6.58 Å². The second-order valence-electron chi connectivity index (χ2n) is 6.22. The number of nitrogens with zero attached hydrogens (tertiary/aromatic N) is 1. The summed E-state index contributed by atoms with van der Waals surface area (Å²) in [6, 6.07) is 7.48. The van der Waals surface area contributed by atoms with Gasteiger partial charge in [0.15, 0.2) is 6.67 Å². The Labute approximate surface area is 152 Å². The zero-order valence-corrected chi connectivity index (χ0v) is 15.0. The first-order valence-corrected chi connectivity index (χ1v) is 9.42. The first kappa shape index (κ1) is 17.8. The number of carbonyl (C=O) groups is 2. The second kappa shape index (κ2) is 8.36. The average molecular weight is 359 g/mol. The molecule has 2 fully saturated rings. The van der Waals surface area contributed by atoms with Crippen molar-refractivity contribution in [3.8, 4) is 5.75 Å². The van der Waals surface area contributed by atoms with Gasteiger partial charge in [-0.3, -0.25) is 9.59 Å². The number of carbonyl (C=O) groups excluding carboxylic acids is 2. The molecular weight excluding hydrogens is 336 g/mol. The Morgan fingerprint density at radius 2 is 1.96 bits per heavy atom. The number of benzene rings is 1. The van der Waals surface area contributed by atoms with E-state index in [1.165, 1.54) is 16.2 Å². The number of piperidine rings is 1. The maximum Gasteiger partial charge on any atom is 0.298 e. The van der Waals surface area contributed by atoms with Crippen molar-refractivity contribution in [1.82, 2.24) is 4.90 Å². The van der Waals surface area contributed by atoms with E-state index in [0.717, 1.165) is 43.3 Å². The molecule has 2 heterocycles. The highest BCUT2D eigenvalue weighted by atomic mass is 32.2. The summed E-state index contributed by atoms with van der Waals surface area (Å²) < 4.78 is 5.62. The SMILES string of the molecule is C=CCOc1ccccc1C=C1SC(=O)N(C[NH+]2CCCCC2)C1=O. The molecule has 2 aliphatic heterocycles. The summed E-state index contributed by atoms with van der Waals surface area (Å²) in [7, 11) is 0. The molecule has 0 bridgehead atoms. The molecule has 2 amide bonds. The molecule has 1 N–H and O–H groups in total. The zero-order valence-electron chi connectivity index (χ0n) is 14.2. The van der Waals surface area contributed by atoms with Crippen molar-refractivity contribution in [2.45, 2.75) is 19.3 Å². The molecule has 2 saturated heterocycles. The lowest BCUT2D eigenvalue weighted by Gasteiger charge is -2.26. The van der Waals surface area contributed by atoms with Crippen LogP contribution >= 0.6 is 11.8 Å². The molecule has 1 aromatic carbocycles. The molecule has 0 saturated carbocycles. The molecule has 132 valence electrons. The predicted octanol–water partition coefficient (Wildman–Crippen LogP) is 2.31. The molecule has 0 spiro atoms. The summed E-state index contributed by atoms with van der Waals surface area (Å²) in [6.07, 6.45) is 6.98. The van der Waals surface area contributed by atoms with Gasteiger partial charge in [-0.1, -0.05) is 30.9 Å². The van der Waals surface area contributed by atoms with Crippen LogP contribution in [-0.4, -0.2) is 42.4 Å². The number of rotatable bonds is 6. The number of nitrogens with one attached hydrogen (secondary N) is 1. The smallest absolute Gasteiger partial charge is 0.298 e. The van der Waals surface area contributed by atoms with Gasteiger partial charge in [0.25, 0.3) is 11.1 Å². The molecule has 2 aliphatic rings. The van der Waals surface area contributed by atoms with Crippen LogP contribution in [0.25, 0.3) is 6.08 Å². The summed E-state index contributed by atoms with van der Waals surface area (Å²) in [4.78, 5) is 28.1. The van der Waals surface area contributed by atoms with Gasteiger partial charge in [0.2, 0.25) is 0 Å². The van der Waals surface area contributed by atoms with E-state index < -0.39 is 0 Å². The lowest BCUT2D eigenvalue weighted by Crippen LogP contribution is -3.14. The Kier molecular flexibility index (Phi) is 5.94. The third-order valence-corrected chi connectivity index (χ3v) is 5.29. The maximum atomic E-state index is 12.7. The van der Waals surface area contributed by atoms with E-state index in [9.17, 15) is 9.59 Å². The standard InChI is InChI=1S/C19H22N2O3S/c1-2-12-24-16-9-5-4-8-15(16)13-17-18(22)21(19(23)25-17)14-20-10-6-3-7-11-20/h2,4-5,8-9,13H,1,3,6-7,10-12,14H2/p+1. The van der Waals surface area contributed by atoms with Crippen molar-refractivity contribution < 1.29 is 19.2 Å². The minimum Gasteiger partial charge on any atom is -0.489 e. The molecule has 6 heteroatoms. The molecule has 5 nitrogen and oxygen atoms in total. The van der Waals surface area contributed by atoms with Crippen molar-refractivity contribution in [2.75, 3.05) is 26.4 Å². The first-order valence-electron chi connectivity index (χ1n) is 8.60. The second-order valence-corrected chi connectivity index (χ2v) is 7.21. The van der Waals surface area contributed by atoms with Crippen molar-refractivity contribution in [3.05, 3.63) is 47.4 Å². The summed E-state index contributed by atoms with van der Waals surface area (Å²) >= 11 is 1.01. The van der Waals surface area contributed by atoms with Crippen LogP contribution in [0.15, 0.2) is 41.8 Å². The van der Waals surface area contributed by atoms with Crippen LogP contribution in [0.2, 0.25) is 0 Å². The molecule has 0 aliphatic carbocycles. The van der Waals surface area contributed by atoms with Crippen LogP contribution in [0.5, 0.6) is 5.75 Å². The van der Waals surface area contributed by atoms with Crippen LogP contribution in [0, 0.1) is 0 Å². The minimum atomic E-state index is -0.202. The molecule has 3 rings (SSSR count). The first-order chi connectivity index (χ1) is 12.2. The Hall–Kier alpha value is -2.05. The highest BCUT2D eigenvalue weighted by Gasteiger charge is 2.37. The average Bonchev–Trinajstić information content (AvgIpc) is 2.89. The molecular formula is C19H23N2O3S+. The van der Waals surface area contributed by atoms with Crippen LogP contribution in [0.1, 0.15) is 24.8 Å². The largest absolute Gasteiger partial charge is 0.489 e. The summed E-state index contributed by atoms with van der Waals surface area (Å²) in [5.74, 6) is 0.474. The Morgan fingerprint density at radius 1 is 1.20 bits per heavy atom. The number of thioether (sulfide) groups is 1. The van der Waals surface area contributed by atoms with E-state index in [0.29, 0.717) is 23.9 Å². The summed E-state index contributed by atoms with van der Waals surface area (Å²) in [6.45, 7) is 6.56. The van der Waals surface area contributed by atoms with Gasteiger partial charge in [-0.15, -0.1) is 0 Å². The molecule has 0 aromatic heterocycles. The van der Waals surface area contributed by atoms with Crippen molar-refractivity contribution in [3.63, 3.8) is 0 Å². The Balaban J connectivity index is 1.75. The van der Waals surface area contributed by atoms with E-state index in [-0.39, 0.29) is 11.1 Å². The van der Waals surface area contributed by atoms with Crippen molar-refractivity contribution in [2.24, 2.45) is 0 Å². The quantitative estimate of drug-likeness (QED) is 0.626. The fourth-order valence-corrected chi connectivity index (χ4v) is 3.92. The molecule has 1 aromatic rings. The van der Waals surface area contributed by atoms with Gasteiger partial charge >= 0.3 is 0 Å². The third kappa shape index (κ3) is 4.32. The van der Waals surface area contributed by atoms with Crippen LogP contribution in [-0.2, 0) is 4.79 Å². The monoisotopic (exact) mass is 359 g/mol. The van der Waals surface area contributed by atoms with E-state index in [1.54, 1.807) is 12.2 Å². The molecule has 0 atom stereocenters. The van der Waals surface area contributed by atoms with Gasteiger partial charge in [0.05, 0.1) is 18.0 Å². The lowest BCUT2D eigenvalue weighted by atomic mass is 10.1. The van der Waals surface area contributed by atoms with E-state index in [1.807, 2.05) is 24.3 Å². The van der Waals surface area contributed by atoms with Crippen molar-refractivity contribution >= 4 is 29.0 Å². The fourth-order valence-electron chi connectivity index (χ4n) is 3.09. The Morgan fingerprint density at radius 3 is 2.72 bits per heavy atom. The number of likely N-dealkylation sites (tertiary alicyclic amines) is 1. The lowest BCUT2D eigenvalue weighted by molar-refractivity contribution is -0.912. The van der Waals surface area contributed by atoms with Crippen LogP contribution < -0.4 is 9.64 Å². The Bertz CT molecular complexity index is 696. The predicted molar refractivity (Wildman–Crippen MR) is 99.4 cm³/mol. The van der Waals surface area contributed by atoms with Gasteiger partial charge in [0, 0.05) is 5.56 Å². The van der Waals surface area contributed by atoms with Gasteiger partial charge in [0.1, 0.15) is 12.4 Å². The number of hydrogen-bond acceptors (Lipinski definition) is 4. The van der Waals surface area contributed by atoms with Crippen molar-refractivity contribution in [1.29, 1.82) is 0 Å². The highest BCUT2D eigenvalue weighted by molar-refractivity contribution is 8.18. The molecule has 0 unspecified atom stereocenters.